The zero-order valence-corrected chi connectivity index (χ0v) is 25.6. The first-order valence-electron chi connectivity index (χ1n) is 15.7. The van der Waals surface area contributed by atoms with Gasteiger partial charge < -0.3 is 8.83 Å². The van der Waals surface area contributed by atoms with E-state index < -0.39 is 0 Å². The number of rotatable bonds is 4. The summed E-state index contributed by atoms with van der Waals surface area (Å²) in [5.41, 5.74) is 11.4. The molecule has 9 aromatic rings. The Balaban J connectivity index is 1.30. The van der Waals surface area contributed by atoms with Crippen molar-refractivity contribution in [2.75, 3.05) is 0 Å². The lowest BCUT2D eigenvalue weighted by Gasteiger charge is -2.15. The predicted octanol–water partition coefficient (Wildman–Crippen LogP) is 11.9. The molecule has 4 heteroatoms. The molecule has 2 heterocycles. The normalized spacial score (nSPS) is 11.3. The molecule has 0 fully saturated rings. The van der Waals surface area contributed by atoms with Crippen molar-refractivity contribution in [1.29, 1.82) is 10.5 Å². The van der Waals surface area contributed by atoms with Crippen LogP contribution in [0.4, 0.5) is 0 Å². The number of nitriles is 2. The van der Waals surface area contributed by atoms with E-state index in [1.54, 1.807) is 0 Å². The highest BCUT2D eigenvalue weighted by molar-refractivity contribution is 6.08. The minimum Gasteiger partial charge on any atom is -0.456 e. The Morgan fingerprint density at radius 2 is 0.771 bits per heavy atom. The van der Waals surface area contributed by atoms with Gasteiger partial charge in [-0.2, -0.15) is 10.5 Å². The van der Waals surface area contributed by atoms with Crippen LogP contribution in [-0.2, 0) is 0 Å². The molecule has 0 bridgehead atoms. The molecule has 7 aromatic carbocycles. The van der Waals surface area contributed by atoms with E-state index in [9.17, 15) is 10.5 Å². The van der Waals surface area contributed by atoms with E-state index in [0.29, 0.717) is 16.7 Å². The molecule has 0 spiro atoms. The fourth-order valence-electron chi connectivity index (χ4n) is 6.84. The zero-order valence-electron chi connectivity index (χ0n) is 25.6. The second-order valence-electron chi connectivity index (χ2n) is 12.0. The number of hydrogen-bond donors (Lipinski definition) is 0. The monoisotopic (exact) mass is 612 g/mol. The lowest BCUT2D eigenvalue weighted by Crippen LogP contribution is -1.94. The standard InChI is InChI=1S/C44H24N2O2/c45-25-34-21-30(27-8-2-1-3-9-27)22-35(26-46)44(34)33-19-31(28-14-16-42-38(23-28)36-10-4-6-12-40(36)47-42)18-32(20-33)29-15-17-43-39(24-29)37-11-5-7-13-41(37)48-43/h1-24H. The molecule has 48 heavy (non-hydrogen) atoms. The van der Waals surface area contributed by atoms with Gasteiger partial charge in [0.05, 0.1) is 23.3 Å². The molecule has 4 nitrogen and oxygen atoms in total. The third-order valence-corrected chi connectivity index (χ3v) is 9.13. The highest BCUT2D eigenvalue weighted by atomic mass is 16.3. The molecule has 0 aliphatic heterocycles. The van der Waals surface area contributed by atoms with Crippen molar-refractivity contribution in [1.82, 2.24) is 0 Å². The summed E-state index contributed by atoms with van der Waals surface area (Å²) < 4.78 is 12.3. The number of nitrogens with zero attached hydrogens (tertiary/aromatic N) is 2. The molecule has 0 amide bonds. The smallest absolute Gasteiger partial charge is 0.135 e. The number of hydrogen-bond acceptors (Lipinski definition) is 4. The van der Waals surface area contributed by atoms with Gasteiger partial charge in [-0.05, 0) is 106 Å². The third kappa shape index (κ3) is 4.44. The summed E-state index contributed by atoms with van der Waals surface area (Å²) in [5, 5.41) is 25.1. The Bertz CT molecular complexity index is 2640. The number of furan rings is 2. The first kappa shape index (κ1) is 27.4. The summed E-state index contributed by atoms with van der Waals surface area (Å²) in [6.07, 6.45) is 0. The fraction of sp³-hybridized carbons (Fsp3) is 0. The summed E-state index contributed by atoms with van der Waals surface area (Å²) in [7, 11) is 0. The van der Waals surface area contributed by atoms with E-state index in [0.717, 1.165) is 82.8 Å². The van der Waals surface area contributed by atoms with Crippen molar-refractivity contribution in [2.24, 2.45) is 0 Å². The Kier molecular flexibility index (Phi) is 6.22. The molecule has 222 valence electrons. The molecule has 0 unspecified atom stereocenters. The fourth-order valence-corrected chi connectivity index (χ4v) is 6.84. The van der Waals surface area contributed by atoms with Gasteiger partial charge in [-0.15, -0.1) is 0 Å². The van der Waals surface area contributed by atoms with Crippen LogP contribution >= 0.6 is 0 Å². The number of para-hydroxylation sites is 2. The van der Waals surface area contributed by atoms with Gasteiger partial charge in [0.15, 0.2) is 0 Å². The molecule has 0 aliphatic carbocycles. The van der Waals surface area contributed by atoms with Gasteiger partial charge in [-0.3, -0.25) is 0 Å². The van der Waals surface area contributed by atoms with Crippen LogP contribution in [0.2, 0.25) is 0 Å². The first-order valence-corrected chi connectivity index (χ1v) is 15.7. The molecule has 2 aromatic heterocycles. The largest absolute Gasteiger partial charge is 0.456 e. The highest BCUT2D eigenvalue weighted by Gasteiger charge is 2.18. The van der Waals surface area contributed by atoms with Gasteiger partial charge in [0.25, 0.3) is 0 Å². The maximum atomic E-state index is 10.5. The second-order valence-corrected chi connectivity index (χ2v) is 12.0. The maximum Gasteiger partial charge on any atom is 0.135 e. The Hall–Kier alpha value is -6.88. The Morgan fingerprint density at radius 3 is 1.29 bits per heavy atom. The third-order valence-electron chi connectivity index (χ3n) is 9.13. The van der Waals surface area contributed by atoms with Crippen molar-refractivity contribution in [2.45, 2.75) is 0 Å². The average molecular weight is 613 g/mol. The summed E-state index contributed by atoms with van der Waals surface area (Å²) in [5.74, 6) is 0. The average Bonchev–Trinajstić information content (AvgIpc) is 3.72. The van der Waals surface area contributed by atoms with E-state index in [2.05, 4.69) is 66.7 Å². The maximum absolute atomic E-state index is 10.5. The van der Waals surface area contributed by atoms with Crippen molar-refractivity contribution in [3.63, 3.8) is 0 Å². The van der Waals surface area contributed by atoms with Gasteiger partial charge in [-0.1, -0.05) is 78.9 Å². The van der Waals surface area contributed by atoms with E-state index in [1.807, 2.05) is 91.0 Å². The van der Waals surface area contributed by atoms with Crippen molar-refractivity contribution >= 4 is 43.9 Å². The summed E-state index contributed by atoms with van der Waals surface area (Å²) in [4.78, 5) is 0. The van der Waals surface area contributed by atoms with Crippen LogP contribution in [0, 0.1) is 22.7 Å². The number of benzene rings is 7. The minimum atomic E-state index is 0.448. The van der Waals surface area contributed by atoms with Crippen LogP contribution in [0.25, 0.3) is 88.4 Å². The Morgan fingerprint density at radius 1 is 0.333 bits per heavy atom. The molecular formula is C44H24N2O2. The second kappa shape index (κ2) is 10.9. The first-order chi connectivity index (χ1) is 23.7. The van der Waals surface area contributed by atoms with Gasteiger partial charge in [-0.25, -0.2) is 0 Å². The molecule has 0 aliphatic rings. The summed E-state index contributed by atoms with van der Waals surface area (Å²) >= 11 is 0. The minimum absolute atomic E-state index is 0.448. The molecule has 0 saturated heterocycles. The van der Waals surface area contributed by atoms with E-state index in [1.165, 1.54) is 0 Å². The van der Waals surface area contributed by atoms with Gasteiger partial charge in [0.1, 0.15) is 22.3 Å². The lowest BCUT2D eigenvalue weighted by molar-refractivity contribution is 0.668. The van der Waals surface area contributed by atoms with E-state index >= 15 is 0 Å². The SMILES string of the molecule is N#Cc1cc(-c2ccccc2)cc(C#N)c1-c1cc(-c2ccc3oc4ccccc4c3c2)cc(-c2ccc3oc4ccccc4c3c2)c1. The highest BCUT2D eigenvalue weighted by Crippen LogP contribution is 2.40. The van der Waals surface area contributed by atoms with Crippen LogP contribution in [-0.4, -0.2) is 0 Å². The van der Waals surface area contributed by atoms with Gasteiger partial charge in [0, 0.05) is 27.1 Å². The van der Waals surface area contributed by atoms with Gasteiger partial charge >= 0.3 is 0 Å². The van der Waals surface area contributed by atoms with E-state index in [-0.39, 0.29) is 0 Å². The molecule has 9 rings (SSSR count). The number of fused-ring (bicyclic) bond motifs is 6. The molecule has 0 saturated carbocycles. The van der Waals surface area contributed by atoms with Crippen LogP contribution in [0.15, 0.2) is 154 Å². The molecule has 0 atom stereocenters. The van der Waals surface area contributed by atoms with Crippen molar-refractivity contribution in [3.8, 4) is 56.6 Å². The quantitative estimate of drug-likeness (QED) is 0.198. The topological polar surface area (TPSA) is 73.9 Å². The van der Waals surface area contributed by atoms with Crippen LogP contribution < -0.4 is 0 Å². The molecule has 0 N–H and O–H groups in total. The van der Waals surface area contributed by atoms with Crippen LogP contribution in [0.1, 0.15) is 11.1 Å². The molecular weight excluding hydrogens is 588 g/mol. The van der Waals surface area contributed by atoms with Crippen molar-refractivity contribution < 1.29 is 8.83 Å². The molecule has 0 radical (unpaired) electrons. The zero-order chi connectivity index (χ0) is 32.2. The lowest BCUT2D eigenvalue weighted by atomic mass is 9.87. The predicted molar refractivity (Wildman–Crippen MR) is 192 cm³/mol. The van der Waals surface area contributed by atoms with Crippen LogP contribution in [0.5, 0.6) is 0 Å². The summed E-state index contributed by atoms with van der Waals surface area (Å²) in [6, 6.07) is 53.3. The van der Waals surface area contributed by atoms with Crippen LogP contribution in [0.3, 0.4) is 0 Å². The van der Waals surface area contributed by atoms with Crippen molar-refractivity contribution in [3.05, 3.63) is 157 Å². The van der Waals surface area contributed by atoms with E-state index in [4.69, 9.17) is 8.83 Å². The van der Waals surface area contributed by atoms with Gasteiger partial charge in [0.2, 0.25) is 0 Å². The summed E-state index contributed by atoms with van der Waals surface area (Å²) in [6.45, 7) is 0. The Labute approximate surface area is 275 Å².